The minimum absolute atomic E-state index is 0.245. The topological polar surface area (TPSA) is 57.4 Å². The van der Waals surface area contributed by atoms with Crippen molar-refractivity contribution in [2.75, 3.05) is 14.2 Å². The van der Waals surface area contributed by atoms with Gasteiger partial charge in [0, 0.05) is 0 Å². The van der Waals surface area contributed by atoms with Crippen molar-refractivity contribution in [3.63, 3.8) is 0 Å². The summed E-state index contributed by atoms with van der Waals surface area (Å²) >= 11 is 5.61. The van der Waals surface area contributed by atoms with Crippen LogP contribution in [0.15, 0.2) is 22.7 Å². The van der Waals surface area contributed by atoms with Crippen molar-refractivity contribution in [2.45, 2.75) is 12.3 Å². The zero-order valence-electron chi connectivity index (χ0n) is 10.1. The maximum Gasteiger partial charge on any atom is 0.231 e. The molecule has 96 valence electrons. The molecule has 0 fully saturated rings. The van der Waals surface area contributed by atoms with Crippen LogP contribution in [0.3, 0.4) is 0 Å². The lowest BCUT2D eigenvalue weighted by Gasteiger charge is -2.08. The molecule has 0 saturated carbocycles. The van der Waals surface area contributed by atoms with Gasteiger partial charge >= 0.3 is 0 Å². The third-order valence-corrected chi connectivity index (χ3v) is 2.67. The number of hydrogen-bond acceptors (Lipinski definition) is 5. The number of alkyl halides is 1. The summed E-state index contributed by atoms with van der Waals surface area (Å²) in [6.45, 7) is 0. The molecule has 0 saturated heterocycles. The van der Waals surface area contributed by atoms with E-state index in [1.54, 1.807) is 14.2 Å². The van der Waals surface area contributed by atoms with E-state index in [0.717, 1.165) is 5.56 Å². The molecule has 0 aliphatic carbocycles. The summed E-state index contributed by atoms with van der Waals surface area (Å²) in [4.78, 5) is 4.14. The molecule has 0 amide bonds. The first-order chi connectivity index (χ1) is 8.76. The van der Waals surface area contributed by atoms with Gasteiger partial charge in [0.1, 0.15) is 0 Å². The van der Waals surface area contributed by atoms with E-state index in [2.05, 4.69) is 10.1 Å². The molecule has 1 heterocycles. The van der Waals surface area contributed by atoms with E-state index in [-0.39, 0.29) is 5.88 Å². The first-order valence-corrected chi connectivity index (χ1v) is 5.88. The Balaban J connectivity index is 2.18. The average Bonchev–Trinajstić information content (AvgIpc) is 2.86. The van der Waals surface area contributed by atoms with E-state index in [1.807, 2.05) is 18.2 Å². The number of nitrogens with zero attached hydrogens (tertiary/aromatic N) is 2. The molecular weight excluding hydrogens is 256 g/mol. The highest BCUT2D eigenvalue weighted by Gasteiger charge is 2.09. The molecule has 0 spiro atoms. The number of benzene rings is 1. The Morgan fingerprint density at radius 1 is 1.22 bits per heavy atom. The van der Waals surface area contributed by atoms with Crippen molar-refractivity contribution in [3.8, 4) is 11.5 Å². The second-order valence-corrected chi connectivity index (χ2v) is 3.87. The van der Waals surface area contributed by atoms with E-state index in [9.17, 15) is 0 Å². The maximum absolute atomic E-state index is 5.61. The molecule has 5 nitrogen and oxygen atoms in total. The van der Waals surface area contributed by atoms with E-state index in [4.69, 9.17) is 25.6 Å². The fourth-order valence-corrected chi connectivity index (χ4v) is 1.69. The van der Waals surface area contributed by atoms with Gasteiger partial charge < -0.3 is 14.0 Å². The number of methoxy groups -OCH3 is 2. The largest absolute Gasteiger partial charge is 0.493 e. The second kappa shape index (κ2) is 5.73. The molecular formula is C12H13ClN2O3. The Morgan fingerprint density at radius 3 is 2.61 bits per heavy atom. The summed E-state index contributed by atoms with van der Waals surface area (Å²) < 4.78 is 15.5. The van der Waals surface area contributed by atoms with E-state index in [0.29, 0.717) is 29.6 Å². The summed E-state index contributed by atoms with van der Waals surface area (Å²) in [7, 11) is 3.20. The predicted octanol–water partition coefficient (Wildman–Crippen LogP) is 2.42. The molecule has 0 aliphatic rings. The van der Waals surface area contributed by atoms with Crippen molar-refractivity contribution >= 4 is 11.6 Å². The Labute approximate surface area is 110 Å². The smallest absolute Gasteiger partial charge is 0.231 e. The van der Waals surface area contributed by atoms with Gasteiger partial charge in [-0.1, -0.05) is 11.2 Å². The zero-order chi connectivity index (χ0) is 13.0. The van der Waals surface area contributed by atoms with E-state index in [1.165, 1.54) is 0 Å². The van der Waals surface area contributed by atoms with Crippen LogP contribution in [0.1, 0.15) is 17.3 Å². The Bertz CT molecular complexity index is 528. The van der Waals surface area contributed by atoms with E-state index < -0.39 is 0 Å². The van der Waals surface area contributed by atoms with Crippen molar-refractivity contribution < 1.29 is 14.0 Å². The van der Waals surface area contributed by atoms with Gasteiger partial charge in [0.25, 0.3) is 0 Å². The molecule has 0 radical (unpaired) electrons. The lowest BCUT2D eigenvalue weighted by Crippen LogP contribution is -1.94. The highest BCUT2D eigenvalue weighted by molar-refractivity contribution is 6.16. The number of halogens is 1. The SMILES string of the molecule is COc1ccc(Cc2nc(CCl)no2)cc1OC. The van der Waals surface area contributed by atoms with Crippen LogP contribution in [0.4, 0.5) is 0 Å². The summed E-state index contributed by atoms with van der Waals surface area (Å²) in [5.41, 5.74) is 0.998. The van der Waals surface area contributed by atoms with Crippen molar-refractivity contribution in [1.82, 2.24) is 10.1 Å². The zero-order valence-corrected chi connectivity index (χ0v) is 10.9. The van der Waals surface area contributed by atoms with Crippen LogP contribution in [-0.4, -0.2) is 24.4 Å². The standard InChI is InChI=1S/C12H13ClN2O3/c1-16-9-4-3-8(5-10(9)17-2)6-12-14-11(7-13)15-18-12/h3-5H,6-7H2,1-2H3. The lowest BCUT2D eigenvalue weighted by molar-refractivity contribution is 0.354. The van der Waals surface area contributed by atoms with Crippen molar-refractivity contribution in [3.05, 3.63) is 35.5 Å². The summed E-state index contributed by atoms with van der Waals surface area (Å²) in [5, 5.41) is 3.73. The van der Waals surface area contributed by atoms with Gasteiger partial charge in [0.05, 0.1) is 26.5 Å². The van der Waals surface area contributed by atoms with Gasteiger partial charge in [-0.25, -0.2) is 0 Å². The third kappa shape index (κ3) is 2.73. The van der Waals surface area contributed by atoms with Crippen LogP contribution in [-0.2, 0) is 12.3 Å². The monoisotopic (exact) mass is 268 g/mol. The number of hydrogen-bond donors (Lipinski definition) is 0. The van der Waals surface area contributed by atoms with Crippen LogP contribution in [0.5, 0.6) is 11.5 Å². The normalized spacial score (nSPS) is 10.4. The fourth-order valence-electron chi connectivity index (χ4n) is 1.58. The molecule has 2 aromatic rings. The summed E-state index contributed by atoms with van der Waals surface area (Å²) in [6, 6.07) is 5.64. The Hall–Kier alpha value is -1.75. The van der Waals surface area contributed by atoms with Crippen LogP contribution in [0.2, 0.25) is 0 Å². The molecule has 0 atom stereocenters. The summed E-state index contributed by atoms with van der Waals surface area (Å²) in [6.07, 6.45) is 0.532. The lowest BCUT2D eigenvalue weighted by atomic mass is 10.1. The number of aromatic nitrogens is 2. The Kier molecular flexibility index (Phi) is 4.04. The molecule has 0 aliphatic heterocycles. The maximum atomic E-state index is 5.61. The first-order valence-electron chi connectivity index (χ1n) is 5.35. The first kappa shape index (κ1) is 12.7. The van der Waals surface area contributed by atoms with Gasteiger partial charge in [0.2, 0.25) is 5.89 Å². The third-order valence-electron chi connectivity index (χ3n) is 2.43. The highest BCUT2D eigenvalue weighted by Crippen LogP contribution is 2.28. The fraction of sp³-hybridized carbons (Fsp3) is 0.333. The molecule has 1 aromatic carbocycles. The highest BCUT2D eigenvalue weighted by atomic mass is 35.5. The molecule has 2 rings (SSSR count). The van der Waals surface area contributed by atoms with Gasteiger partial charge in [-0.3, -0.25) is 0 Å². The van der Waals surface area contributed by atoms with E-state index >= 15 is 0 Å². The Morgan fingerprint density at radius 2 is 2.00 bits per heavy atom. The molecule has 18 heavy (non-hydrogen) atoms. The molecule has 1 aromatic heterocycles. The van der Waals surface area contributed by atoms with Crippen LogP contribution in [0.25, 0.3) is 0 Å². The van der Waals surface area contributed by atoms with Crippen LogP contribution < -0.4 is 9.47 Å². The number of ether oxygens (including phenoxy) is 2. The van der Waals surface area contributed by atoms with Gasteiger partial charge in [-0.2, -0.15) is 4.98 Å². The minimum Gasteiger partial charge on any atom is -0.493 e. The van der Waals surface area contributed by atoms with Gasteiger partial charge in [-0.15, -0.1) is 11.6 Å². The molecule has 6 heteroatoms. The van der Waals surface area contributed by atoms with Crippen molar-refractivity contribution in [1.29, 1.82) is 0 Å². The van der Waals surface area contributed by atoms with Gasteiger partial charge in [0.15, 0.2) is 17.3 Å². The summed E-state index contributed by atoms with van der Waals surface area (Å²) in [5.74, 6) is 2.63. The average molecular weight is 269 g/mol. The molecule has 0 N–H and O–H groups in total. The molecule has 0 unspecified atom stereocenters. The van der Waals surface area contributed by atoms with Gasteiger partial charge in [-0.05, 0) is 17.7 Å². The minimum atomic E-state index is 0.245. The van der Waals surface area contributed by atoms with Crippen LogP contribution >= 0.6 is 11.6 Å². The van der Waals surface area contributed by atoms with Crippen LogP contribution in [0, 0.1) is 0 Å². The molecule has 0 bridgehead atoms. The number of rotatable bonds is 5. The quantitative estimate of drug-likeness (QED) is 0.780. The second-order valence-electron chi connectivity index (χ2n) is 3.60. The predicted molar refractivity (Wildman–Crippen MR) is 66.2 cm³/mol. The van der Waals surface area contributed by atoms with Crippen molar-refractivity contribution in [2.24, 2.45) is 0 Å².